The van der Waals surface area contributed by atoms with Crippen LogP contribution in [0.1, 0.15) is 63.2 Å². The number of nitrogens with zero attached hydrogens (tertiary/aromatic N) is 1. The Morgan fingerprint density at radius 1 is 1.33 bits per heavy atom. The minimum Gasteiger partial charge on any atom is -0.388 e. The van der Waals surface area contributed by atoms with Gasteiger partial charge >= 0.3 is 0 Å². The third-order valence-electron chi connectivity index (χ3n) is 3.50. The summed E-state index contributed by atoms with van der Waals surface area (Å²) in [5.74, 6) is 0.575. The van der Waals surface area contributed by atoms with Crippen LogP contribution in [0.25, 0.3) is 0 Å². The lowest BCUT2D eigenvalue weighted by Gasteiger charge is -2.19. The Labute approximate surface area is 110 Å². The molecule has 0 aromatic heterocycles. The molecule has 0 saturated heterocycles. The Hall–Kier alpha value is -1.33. The molecule has 0 fully saturated rings. The van der Waals surface area contributed by atoms with Crippen LogP contribution in [0.3, 0.4) is 0 Å². The molecular formula is C16H23NO. The molecule has 98 valence electrons. The van der Waals surface area contributed by atoms with Gasteiger partial charge in [-0.25, -0.2) is 0 Å². The summed E-state index contributed by atoms with van der Waals surface area (Å²) in [7, 11) is 0. The number of aliphatic hydroxyl groups excluding tert-OH is 1. The summed E-state index contributed by atoms with van der Waals surface area (Å²) < 4.78 is 0. The highest BCUT2D eigenvalue weighted by molar-refractivity contribution is 5.33. The quantitative estimate of drug-likeness (QED) is 0.782. The van der Waals surface area contributed by atoms with Crippen LogP contribution in [-0.4, -0.2) is 5.11 Å². The fourth-order valence-electron chi connectivity index (χ4n) is 2.25. The van der Waals surface area contributed by atoms with Crippen molar-refractivity contribution in [2.45, 2.75) is 52.1 Å². The standard InChI is InChI=1S/C16H23NO/c1-3-5-7-13(4-2)11-16(18)15-9-6-8-14(10-15)12-17/h6,8-10,13,16,18H,3-5,7,11H2,1-2H3. The molecule has 1 aromatic carbocycles. The first kappa shape index (κ1) is 14.7. The zero-order valence-electron chi connectivity index (χ0n) is 11.4. The first-order valence-electron chi connectivity index (χ1n) is 6.89. The van der Waals surface area contributed by atoms with Gasteiger partial charge in [-0.3, -0.25) is 0 Å². The molecule has 2 atom stereocenters. The van der Waals surface area contributed by atoms with E-state index in [1.54, 1.807) is 12.1 Å². The Bertz CT molecular complexity index is 394. The number of hydrogen-bond acceptors (Lipinski definition) is 2. The van der Waals surface area contributed by atoms with Gasteiger partial charge in [0.2, 0.25) is 0 Å². The summed E-state index contributed by atoms with van der Waals surface area (Å²) in [6.07, 6.45) is 5.07. The van der Waals surface area contributed by atoms with Gasteiger partial charge in [-0.2, -0.15) is 5.26 Å². The second-order valence-corrected chi connectivity index (χ2v) is 4.91. The van der Waals surface area contributed by atoms with Crippen LogP contribution in [0, 0.1) is 17.2 Å². The Balaban J connectivity index is 2.62. The third-order valence-corrected chi connectivity index (χ3v) is 3.50. The van der Waals surface area contributed by atoms with Crippen molar-refractivity contribution in [3.8, 4) is 6.07 Å². The summed E-state index contributed by atoms with van der Waals surface area (Å²) in [6.45, 7) is 4.37. The molecule has 0 amide bonds. The van der Waals surface area contributed by atoms with Crippen molar-refractivity contribution < 1.29 is 5.11 Å². The van der Waals surface area contributed by atoms with Gasteiger partial charge in [0.1, 0.15) is 0 Å². The van der Waals surface area contributed by atoms with Crippen LogP contribution >= 0.6 is 0 Å². The molecule has 1 aromatic rings. The number of hydrogen-bond donors (Lipinski definition) is 1. The van der Waals surface area contributed by atoms with Crippen molar-refractivity contribution in [1.29, 1.82) is 5.26 Å². The molecule has 0 aliphatic rings. The average molecular weight is 245 g/mol. The molecule has 0 radical (unpaired) electrons. The monoisotopic (exact) mass is 245 g/mol. The van der Waals surface area contributed by atoms with Gasteiger partial charge in [-0.15, -0.1) is 0 Å². The Morgan fingerprint density at radius 3 is 2.72 bits per heavy atom. The highest BCUT2D eigenvalue weighted by atomic mass is 16.3. The summed E-state index contributed by atoms with van der Waals surface area (Å²) in [4.78, 5) is 0. The zero-order valence-corrected chi connectivity index (χ0v) is 11.4. The highest BCUT2D eigenvalue weighted by Crippen LogP contribution is 2.26. The molecule has 0 aliphatic heterocycles. The van der Waals surface area contributed by atoms with E-state index in [0.29, 0.717) is 11.5 Å². The molecule has 2 unspecified atom stereocenters. The van der Waals surface area contributed by atoms with E-state index in [1.165, 1.54) is 19.3 Å². The third kappa shape index (κ3) is 4.50. The minimum absolute atomic E-state index is 0.444. The van der Waals surface area contributed by atoms with Gasteiger partial charge in [0, 0.05) is 0 Å². The van der Waals surface area contributed by atoms with Crippen molar-refractivity contribution in [3.05, 3.63) is 35.4 Å². The highest BCUT2D eigenvalue weighted by Gasteiger charge is 2.14. The summed E-state index contributed by atoms with van der Waals surface area (Å²) >= 11 is 0. The van der Waals surface area contributed by atoms with Crippen molar-refractivity contribution >= 4 is 0 Å². The van der Waals surface area contributed by atoms with E-state index in [1.807, 2.05) is 12.1 Å². The number of nitriles is 1. The van der Waals surface area contributed by atoms with Crippen molar-refractivity contribution in [2.75, 3.05) is 0 Å². The lowest BCUT2D eigenvalue weighted by molar-refractivity contribution is 0.139. The van der Waals surface area contributed by atoms with Gasteiger partial charge in [0.05, 0.1) is 17.7 Å². The number of rotatable bonds is 7. The molecule has 0 spiro atoms. The van der Waals surface area contributed by atoms with Gasteiger partial charge < -0.3 is 5.11 Å². The van der Waals surface area contributed by atoms with Crippen molar-refractivity contribution in [1.82, 2.24) is 0 Å². The van der Waals surface area contributed by atoms with E-state index in [-0.39, 0.29) is 0 Å². The maximum atomic E-state index is 10.2. The SMILES string of the molecule is CCCCC(CC)CC(O)c1cccc(C#N)c1. The van der Waals surface area contributed by atoms with E-state index in [4.69, 9.17) is 5.26 Å². The maximum absolute atomic E-state index is 10.2. The lowest BCUT2D eigenvalue weighted by atomic mass is 9.90. The van der Waals surface area contributed by atoms with Gasteiger partial charge in [-0.05, 0) is 30.0 Å². The Morgan fingerprint density at radius 2 is 2.11 bits per heavy atom. The molecule has 0 heterocycles. The fraction of sp³-hybridized carbons (Fsp3) is 0.562. The number of aliphatic hydroxyl groups is 1. The van der Waals surface area contributed by atoms with E-state index in [2.05, 4.69) is 19.9 Å². The molecule has 18 heavy (non-hydrogen) atoms. The van der Waals surface area contributed by atoms with E-state index in [9.17, 15) is 5.11 Å². The van der Waals surface area contributed by atoms with E-state index in [0.717, 1.165) is 18.4 Å². The molecule has 1 rings (SSSR count). The van der Waals surface area contributed by atoms with Crippen molar-refractivity contribution in [3.63, 3.8) is 0 Å². The van der Waals surface area contributed by atoms with Crippen molar-refractivity contribution in [2.24, 2.45) is 5.92 Å². The second-order valence-electron chi connectivity index (χ2n) is 4.91. The number of unbranched alkanes of at least 4 members (excludes halogenated alkanes) is 1. The maximum Gasteiger partial charge on any atom is 0.0991 e. The zero-order chi connectivity index (χ0) is 13.4. The molecule has 1 N–H and O–H groups in total. The normalized spacial score (nSPS) is 13.9. The van der Waals surface area contributed by atoms with Crippen LogP contribution in [-0.2, 0) is 0 Å². The van der Waals surface area contributed by atoms with Crippen LogP contribution in [0.5, 0.6) is 0 Å². The second kappa shape index (κ2) is 7.89. The summed E-state index contributed by atoms with van der Waals surface area (Å²) in [5.41, 5.74) is 1.48. The van der Waals surface area contributed by atoms with Gasteiger partial charge in [0.15, 0.2) is 0 Å². The summed E-state index contributed by atoms with van der Waals surface area (Å²) in [5, 5.41) is 19.1. The molecular weight excluding hydrogens is 222 g/mol. The minimum atomic E-state index is -0.444. The van der Waals surface area contributed by atoms with Crippen LogP contribution < -0.4 is 0 Å². The smallest absolute Gasteiger partial charge is 0.0991 e. The van der Waals surface area contributed by atoms with Crippen LogP contribution in [0.15, 0.2) is 24.3 Å². The fourth-order valence-corrected chi connectivity index (χ4v) is 2.25. The molecule has 2 heteroatoms. The predicted molar refractivity (Wildman–Crippen MR) is 74.0 cm³/mol. The van der Waals surface area contributed by atoms with E-state index >= 15 is 0 Å². The predicted octanol–water partition coefficient (Wildman–Crippen LogP) is 4.20. The van der Waals surface area contributed by atoms with Gasteiger partial charge in [0.25, 0.3) is 0 Å². The van der Waals surface area contributed by atoms with Gasteiger partial charge in [-0.1, -0.05) is 51.7 Å². The van der Waals surface area contributed by atoms with Crippen LogP contribution in [0.2, 0.25) is 0 Å². The van der Waals surface area contributed by atoms with Crippen LogP contribution in [0.4, 0.5) is 0 Å². The topological polar surface area (TPSA) is 44.0 Å². The first-order chi connectivity index (χ1) is 8.71. The largest absolute Gasteiger partial charge is 0.388 e. The average Bonchev–Trinajstić information content (AvgIpc) is 2.43. The first-order valence-corrected chi connectivity index (χ1v) is 6.89. The number of benzene rings is 1. The summed E-state index contributed by atoms with van der Waals surface area (Å²) in [6, 6.07) is 9.41. The molecule has 0 aliphatic carbocycles. The lowest BCUT2D eigenvalue weighted by Crippen LogP contribution is -2.07. The molecule has 2 nitrogen and oxygen atoms in total. The molecule has 0 bridgehead atoms. The molecule has 0 saturated carbocycles. The van der Waals surface area contributed by atoms with E-state index < -0.39 is 6.10 Å². The Kier molecular flexibility index (Phi) is 6.46.